The van der Waals surface area contributed by atoms with Gasteiger partial charge in [0.25, 0.3) is 0 Å². The maximum absolute atomic E-state index is 12.1. The zero-order valence-corrected chi connectivity index (χ0v) is 16.0. The van der Waals surface area contributed by atoms with Gasteiger partial charge in [-0.1, -0.05) is 12.0 Å². The van der Waals surface area contributed by atoms with Crippen molar-refractivity contribution in [2.45, 2.75) is 26.4 Å². The standard InChI is InChI=1S/C21H24N4O2/c1-21(2,3)27-20(26)25-14-12-24(13-15-25)19-10-8-17(16-23-19)7-9-18-6-4-5-11-22-18/h4-6,8,10-11,16H,12-15H2,1-3H3. The molecular weight excluding hydrogens is 340 g/mol. The molecule has 1 fully saturated rings. The van der Waals surface area contributed by atoms with Gasteiger partial charge >= 0.3 is 6.09 Å². The Hall–Kier alpha value is -3.07. The summed E-state index contributed by atoms with van der Waals surface area (Å²) in [4.78, 5) is 24.7. The van der Waals surface area contributed by atoms with Crippen LogP contribution in [0, 0.1) is 11.8 Å². The molecule has 0 saturated carbocycles. The van der Waals surface area contributed by atoms with Crippen molar-refractivity contribution < 1.29 is 9.53 Å². The number of pyridine rings is 2. The number of hydrogen-bond donors (Lipinski definition) is 0. The summed E-state index contributed by atoms with van der Waals surface area (Å²) < 4.78 is 5.43. The first kappa shape index (κ1) is 18.7. The van der Waals surface area contributed by atoms with Crippen molar-refractivity contribution >= 4 is 11.9 Å². The van der Waals surface area contributed by atoms with Crippen LogP contribution in [-0.4, -0.2) is 52.7 Å². The van der Waals surface area contributed by atoms with E-state index in [0.717, 1.165) is 30.2 Å². The minimum absolute atomic E-state index is 0.254. The van der Waals surface area contributed by atoms with Crippen LogP contribution in [0.5, 0.6) is 0 Å². The van der Waals surface area contributed by atoms with Crippen LogP contribution in [0.1, 0.15) is 32.0 Å². The number of nitrogens with zero attached hydrogens (tertiary/aromatic N) is 4. The van der Waals surface area contributed by atoms with Gasteiger partial charge in [-0.25, -0.2) is 14.8 Å². The Balaban J connectivity index is 1.56. The summed E-state index contributed by atoms with van der Waals surface area (Å²) in [5.41, 5.74) is 1.11. The molecule has 0 radical (unpaired) electrons. The van der Waals surface area contributed by atoms with Gasteiger partial charge in [-0.15, -0.1) is 0 Å². The van der Waals surface area contributed by atoms with E-state index in [4.69, 9.17) is 4.74 Å². The van der Waals surface area contributed by atoms with E-state index in [1.54, 1.807) is 17.3 Å². The van der Waals surface area contributed by atoms with E-state index in [1.165, 1.54) is 0 Å². The van der Waals surface area contributed by atoms with Crippen molar-refractivity contribution in [2.24, 2.45) is 0 Å². The Bertz CT molecular complexity index is 824. The lowest BCUT2D eigenvalue weighted by atomic mass is 10.2. The van der Waals surface area contributed by atoms with Crippen LogP contribution in [0.4, 0.5) is 10.6 Å². The average Bonchev–Trinajstić information content (AvgIpc) is 2.66. The molecule has 1 amide bonds. The van der Waals surface area contributed by atoms with Gasteiger partial charge in [0.05, 0.1) is 0 Å². The molecule has 0 spiro atoms. The number of rotatable bonds is 1. The van der Waals surface area contributed by atoms with Gasteiger partial charge in [-0.05, 0) is 51.0 Å². The fourth-order valence-corrected chi connectivity index (χ4v) is 2.66. The molecule has 1 aliphatic rings. The van der Waals surface area contributed by atoms with Gasteiger partial charge in [-0.2, -0.15) is 0 Å². The second-order valence-electron chi connectivity index (χ2n) is 7.32. The predicted octanol–water partition coefficient (Wildman–Crippen LogP) is 2.93. The number of ether oxygens (including phenoxy) is 1. The summed E-state index contributed by atoms with van der Waals surface area (Å²) in [5.74, 6) is 6.99. The molecule has 1 aliphatic heterocycles. The Morgan fingerprint density at radius 3 is 2.41 bits per heavy atom. The molecule has 0 bridgehead atoms. The van der Waals surface area contributed by atoms with Crippen LogP contribution in [0.25, 0.3) is 0 Å². The molecule has 0 aromatic carbocycles. The molecule has 0 unspecified atom stereocenters. The van der Waals surface area contributed by atoms with E-state index < -0.39 is 5.60 Å². The molecule has 0 aliphatic carbocycles. The SMILES string of the molecule is CC(C)(C)OC(=O)N1CCN(c2ccc(C#Cc3ccccn3)cn2)CC1. The topological polar surface area (TPSA) is 58.6 Å². The lowest BCUT2D eigenvalue weighted by molar-refractivity contribution is 0.0240. The van der Waals surface area contributed by atoms with Crippen LogP contribution >= 0.6 is 0 Å². The molecule has 6 nitrogen and oxygen atoms in total. The fourth-order valence-electron chi connectivity index (χ4n) is 2.66. The van der Waals surface area contributed by atoms with Crippen LogP contribution in [0.15, 0.2) is 42.7 Å². The molecule has 2 aromatic rings. The van der Waals surface area contributed by atoms with Crippen molar-refractivity contribution in [3.05, 3.63) is 54.0 Å². The second-order valence-corrected chi connectivity index (χ2v) is 7.32. The normalized spacial score (nSPS) is 14.3. The number of hydrogen-bond acceptors (Lipinski definition) is 5. The molecule has 1 saturated heterocycles. The zero-order valence-electron chi connectivity index (χ0n) is 16.0. The third-order valence-electron chi connectivity index (χ3n) is 4.00. The van der Waals surface area contributed by atoms with Crippen molar-refractivity contribution in [2.75, 3.05) is 31.1 Å². The number of carbonyl (C=O) groups is 1. The Labute approximate surface area is 160 Å². The van der Waals surface area contributed by atoms with Crippen LogP contribution in [-0.2, 0) is 4.74 Å². The highest BCUT2D eigenvalue weighted by molar-refractivity contribution is 5.68. The van der Waals surface area contributed by atoms with Crippen molar-refractivity contribution in [1.82, 2.24) is 14.9 Å². The molecular formula is C21H24N4O2. The van der Waals surface area contributed by atoms with E-state index in [2.05, 4.69) is 26.7 Å². The maximum atomic E-state index is 12.1. The van der Waals surface area contributed by atoms with Gasteiger partial charge in [0, 0.05) is 44.1 Å². The Kier molecular flexibility index (Phi) is 5.60. The average molecular weight is 364 g/mol. The molecule has 0 atom stereocenters. The minimum atomic E-state index is -0.470. The van der Waals surface area contributed by atoms with Gasteiger partial charge in [0.1, 0.15) is 17.1 Å². The fraction of sp³-hybridized carbons (Fsp3) is 0.381. The van der Waals surface area contributed by atoms with E-state index in [9.17, 15) is 4.79 Å². The first-order valence-electron chi connectivity index (χ1n) is 9.03. The van der Waals surface area contributed by atoms with Gasteiger partial charge in [0.2, 0.25) is 0 Å². The summed E-state index contributed by atoms with van der Waals surface area (Å²) in [6.07, 6.45) is 3.24. The smallest absolute Gasteiger partial charge is 0.410 e. The number of piperazine rings is 1. The van der Waals surface area contributed by atoms with Gasteiger partial charge in [-0.3, -0.25) is 0 Å². The van der Waals surface area contributed by atoms with Crippen molar-refractivity contribution in [3.63, 3.8) is 0 Å². The van der Waals surface area contributed by atoms with Crippen LogP contribution in [0.3, 0.4) is 0 Å². The first-order valence-corrected chi connectivity index (χ1v) is 9.03. The highest BCUT2D eigenvalue weighted by Gasteiger charge is 2.26. The summed E-state index contributed by atoms with van der Waals surface area (Å²) in [5, 5.41) is 0. The Morgan fingerprint density at radius 1 is 1.04 bits per heavy atom. The van der Waals surface area contributed by atoms with Crippen molar-refractivity contribution in [3.8, 4) is 11.8 Å². The highest BCUT2D eigenvalue weighted by Crippen LogP contribution is 2.16. The lowest BCUT2D eigenvalue weighted by Crippen LogP contribution is -2.50. The van der Waals surface area contributed by atoms with Crippen LogP contribution < -0.4 is 4.90 Å². The third-order valence-corrected chi connectivity index (χ3v) is 4.00. The quantitative estimate of drug-likeness (QED) is 0.728. The molecule has 3 rings (SSSR count). The summed E-state index contributed by atoms with van der Waals surface area (Å²) in [6, 6.07) is 9.57. The predicted molar refractivity (Wildman–Crippen MR) is 104 cm³/mol. The molecule has 140 valence electrons. The first-order chi connectivity index (χ1) is 12.9. The molecule has 0 N–H and O–H groups in total. The number of aromatic nitrogens is 2. The third kappa shape index (κ3) is 5.45. The second kappa shape index (κ2) is 8.09. The number of amides is 1. The summed E-state index contributed by atoms with van der Waals surface area (Å²) in [6.45, 7) is 8.34. The zero-order chi connectivity index (χ0) is 19.3. The summed E-state index contributed by atoms with van der Waals surface area (Å²) >= 11 is 0. The lowest BCUT2D eigenvalue weighted by Gasteiger charge is -2.36. The number of carbonyl (C=O) groups excluding carboxylic acids is 1. The molecule has 27 heavy (non-hydrogen) atoms. The molecule has 3 heterocycles. The highest BCUT2D eigenvalue weighted by atomic mass is 16.6. The monoisotopic (exact) mass is 364 g/mol. The number of anilines is 1. The largest absolute Gasteiger partial charge is 0.444 e. The summed E-state index contributed by atoms with van der Waals surface area (Å²) in [7, 11) is 0. The van der Waals surface area contributed by atoms with E-state index in [1.807, 2.05) is 51.1 Å². The minimum Gasteiger partial charge on any atom is -0.444 e. The van der Waals surface area contributed by atoms with Gasteiger partial charge in [0.15, 0.2) is 0 Å². The molecule has 2 aromatic heterocycles. The van der Waals surface area contributed by atoms with E-state index in [-0.39, 0.29) is 6.09 Å². The maximum Gasteiger partial charge on any atom is 0.410 e. The molecule has 6 heteroatoms. The van der Waals surface area contributed by atoms with Crippen molar-refractivity contribution in [1.29, 1.82) is 0 Å². The van der Waals surface area contributed by atoms with E-state index >= 15 is 0 Å². The van der Waals surface area contributed by atoms with Gasteiger partial charge < -0.3 is 14.5 Å². The van der Waals surface area contributed by atoms with Crippen LogP contribution in [0.2, 0.25) is 0 Å². The van der Waals surface area contributed by atoms with E-state index in [0.29, 0.717) is 13.1 Å². The Morgan fingerprint density at radius 2 is 1.81 bits per heavy atom.